The molecule has 0 aliphatic carbocycles. The number of carbonyl (C=O) groups is 1. The van der Waals surface area contributed by atoms with Gasteiger partial charge >= 0.3 is 6.03 Å². The SMILES string of the molecule is CS(=O)(=O)Nc1ccc(Oc2ccc(CN3CCC(NC(=O)N(c4ccc(F)cc4)c4ccc(F)cc4)CC3)cn2)cc1. The molecular weight excluding hydrogens is 576 g/mol. The van der Waals surface area contributed by atoms with Crippen LogP contribution in [0.5, 0.6) is 11.6 Å². The van der Waals surface area contributed by atoms with Gasteiger partial charge in [0.25, 0.3) is 0 Å². The summed E-state index contributed by atoms with van der Waals surface area (Å²) in [5.41, 5.74) is 2.41. The van der Waals surface area contributed by atoms with Crippen LogP contribution in [-0.4, -0.2) is 49.7 Å². The normalized spacial score (nSPS) is 14.2. The van der Waals surface area contributed by atoms with Crippen molar-refractivity contribution in [2.45, 2.75) is 25.4 Å². The summed E-state index contributed by atoms with van der Waals surface area (Å²) in [6.45, 7) is 2.23. The highest BCUT2D eigenvalue weighted by Crippen LogP contribution is 2.27. The largest absolute Gasteiger partial charge is 0.439 e. The van der Waals surface area contributed by atoms with E-state index >= 15 is 0 Å². The number of hydrogen-bond donors (Lipinski definition) is 2. The molecule has 0 bridgehead atoms. The second-order valence-corrected chi connectivity index (χ2v) is 12.0. The lowest BCUT2D eigenvalue weighted by molar-refractivity contribution is 0.188. The van der Waals surface area contributed by atoms with E-state index in [1.807, 2.05) is 6.07 Å². The Kier molecular flexibility index (Phi) is 9.17. The van der Waals surface area contributed by atoms with E-state index in [4.69, 9.17) is 4.74 Å². The van der Waals surface area contributed by atoms with Gasteiger partial charge in [-0.2, -0.15) is 0 Å². The number of urea groups is 1. The number of aromatic nitrogens is 1. The third kappa shape index (κ3) is 8.49. The summed E-state index contributed by atoms with van der Waals surface area (Å²) < 4.78 is 58.0. The molecule has 0 unspecified atom stereocenters. The number of benzene rings is 3. The molecule has 0 spiro atoms. The van der Waals surface area contributed by atoms with Crippen molar-refractivity contribution in [3.8, 4) is 11.6 Å². The van der Waals surface area contributed by atoms with Gasteiger partial charge in [-0.15, -0.1) is 0 Å². The van der Waals surface area contributed by atoms with Crippen LogP contribution >= 0.6 is 0 Å². The minimum absolute atomic E-state index is 0.0555. The predicted octanol–water partition coefficient (Wildman–Crippen LogP) is 6.04. The topological polar surface area (TPSA) is 104 Å². The molecule has 0 radical (unpaired) electrons. The lowest BCUT2D eigenvalue weighted by atomic mass is 10.0. The molecule has 224 valence electrons. The van der Waals surface area contributed by atoms with Crippen molar-refractivity contribution in [2.24, 2.45) is 0 Å². The summed E-state index contributed by atoms with van der Waals surface area (Å²) in [6.07, 6.45) is 4.33. The fraction of sp³-hybridized carbons (Fsp3) is 0.226. The van der Waals surface area contributed by atoms with E-state index in [1.165, 1.54) is 53.4 Å². The van der Waals surface area contributed by atoms with Crippen LogP contribution in [0.3, 0.4) is 0 Å². The molecule has 43 heavy (non-hydrogen) atoms. The Morgan fingerprint density at radius 2 is 1.49 bits per heavy atom. The second-order valence-electron chi connectivity index (χ2n) is 10.3. The number of anilines is 3. The Labute approximate surface area is 249 Å². The van der Waals surface area contributed by atoms with E-state index in [-0.39, 0.29) is 12.1 Å². The number of amides is 2. The Morgan fingerprint density at radius 1 is 0.907 bits per heavy atom. The molecule has 1 saturated heterocycles. The van der Waals surface area contributed by atoms with Gasteiger partial charge in [0.2, 0.25) is 15.9 Å². The van der Waals surface area contributed by atoms with Crippen molar-refractivity contribution >= 4 is 33.1 Å². The maximum absolute atomic E-state index is 13.5. The van der Waals surface area contributed by atoms with Gasteiger partial charge in [0.15, 0.2) is 0 Å². The number of halogens is 2. The number of likely N-dealkylation sites (tertiary alicyclic amines) is 1. The average molecular weight is 608 g/mol. The molecule has 12 heteroatoms. The van der Waals surface area contributed by atoms with Crippen LogP contribution in [0.1, 0.15) is 18.4 Å². The third-order valence-electron chi connectivity index (χ3n) is 6.87. The van der Waals surface area contributed by atoms with Gasteiger partial charge in [0.1, 0.15) is 17.4 Å². The van der Waals surface area contributed by atoms with Gasteiger partial charge in [-0.3, -0.25) is 14.5 Å². The van der Waals surface area contributed by atoms with E-state index in [9.17, 15) is 22.0 Å². The molecular formula is C31H31F2N5O4S. The third-order valence-corrected chi connectivity index (χ3v) is 7.48. The van der Waals surface area contributed by atoms with Crippen LogP contribution < -0.4 is 19.7 Å². The van der Waals surface area contributed by atoms with E-state index < -0.39 is 21.7 Å². The molecule has 0 atom stereocenters. The fourth-order valence-electron chi connectivity index (χ4n) is 4.79. The highest BCUT2D eigenvalue weighted by Gasteiger charge is 2.25. The first kappa shape index (κ1) is 29.9. The van der Waals surface area contributed by atoms with E-state index in [0.717, 1.165) is 37.8 Å². The summed E-state index contributed by atoms with van der Waals surface area (Å²) in [7, 11) is -3.35. The summed E-state index contributed by atoms with van der Waals surface area (Å²) in [5.74, 6) is 0.120. The number of carbonyl (C=O) groups excluding carboxylic acids is 1. The monoisotopic (exact) mass is 607 g/mol. The highest BCUT2D eigenvalue weighted by molar-refractivity contribution is 7.92. The average Bonchev–Trinajstić information content (AvgIpc) is 2.97. The van der Waals surface area contributed by atoms with Crippen molar-refractivity contribution < 1.29 is 26.7 Å². The van der Waals surface area contributed by atoms with Crippen LogP contribution in [0.4, 0.5) is 30.6 Å². The number of rotatable bonds is 9. The number of hydrogen-bond acceptors (Lipinski definition) is 6. The Bertz CT molecular complexity index is 1580. The van der Waals surface area contributed by atoms with Crippen molar-refractivity contribution in [2.75, 3.05) is 29.0 Å². The predicted molar refractivity (Wildman–Crippen MR) is 161 cm³/mol. The molecule has 4 aromatic rings. The van der Waals surface area contributed by atoms with Crippen molar-refractivity contribution in [3.05, 3.63) is 108 Å². The Morgan fingerprint density at radius 3 is 2.00 bits per heavy atom. The van der Waals surface area contributed by atoms with E-state index in [0.29, 0.717) is 35.2 Å². The first-order valence-corrected chi connectivity index (χ1v) is 15.6. The highest BCUT2D eigenvalue weighted by atomic mass is 32.2. The number of nitrogens with one attached hydrogen (secondary N) is 2. The molecule has 0 saturated carbocycles. The molecule has 3 aromatic carbocycles. The quantitative estimate of drug-likeness (QED) is 0.241. The second kappa shape index (κ2) is 13.2. The van der Waals surface area contributed by atoms with Crippen molar-refractivity contribution in [3.63, 3.8) is 0 Å². The van der Waals surface area contributed by atoms with Crippen LogP contribution in [0.15, 0.2) is 91.1 Å². The van der Waals surface area contributed by atoms with Gasteiger partial charge in [-0.25, -0.2) is 27.0 Å². The number of ether oxygens (including phenoxy) is 1. The standard InChI is InChI=1S/C31H31F2N5O4S/c1-43(40,41)36-26-7-13-29(14-8-26)42-30-15-2-22(20-34-30)21-37-18-16-25(17-19-37)35-31(39)38(27-9-3-23(32)4-10-27)28-11-5-24(33)6-12-28/h2-15,20,25,36H,16-19,21H2,1H3,(H,35,39). The molecule has 1 aromatic heterocycles. The number of pyridine rings is 1. The van der Waals surface area contributed by atoms with E-state index in [1.54, 1.807) is 36.5 Å². The van der Waals surface area contributed by atoms with Crippen molar-refractivity contribution in [1.29, 1.82) is 0 Å². The minimum Gasteiger partial charge on any atom is -0.439 e. The molecule has 2 amide bonds. The summed E-state index contributed by atoms with van der Waals surface area (Å²) in [5, 5.41) is 3.08. The molecule has 2 heterocycles. The van der Waals surface area contributed by atoms with Crippen molar-refractivity contribution in [1.82, 2.24) is 15.2 Å². The van der Waals surface area contributed by atoms with Gasteiger partial charge in [0.05, 0.1) is 17.6 Å². The number of piperidine rings is 1. The van der Waals surface area contributed by atoms with Crippen LogP contribution in [-0.2, 0) is 16.6 Å². The van der Waals surface area contributed by atoms with Crippen LogP contribution in [0.25, 0.3) is 0 Å². The fourth-order valence-corrected chi connectivity index (χ4v) is 5.35. The van der Waals surface area contributed by atoms with Gasteiger partial charge in [-0.05, 0) is 91.2 Å². The zero-order valence-electron chi connectivity index (χ0n) is 23.4. The maximum Gasteiger partial charge on any atom is 0.326 e. The minimum atomic E-state index is -3.35. The zero-order chi connectivity index (χ0) is 30.4. The lowest BCUT2D eigenvalue weighted by Crippen LogP contribution is -2.48. The zero-order valence-corrected chi connectivity index (χ0v) is 24.2. The van der Waals surface area contributed by atoms with Gasteiger partial charge < -0.3 is 10.1 Å². The smallest absolute Gasteiger partial charge is 0.326 e. The molecule has 1 aliphatic heterocycles. The maximum atomic E-state index is 13.5. The van der Waals surface area contributed by atoms with Crippen LogP contribution in [0.2, 0.25) is 0 Å². The summed E-state index contributed by atoms with van der Waals surface area (Å²) >= 11 is 0. The molecule has 1 aliphatic rings. The first-order valence-electron chi connectivity index (χ1n) is 13.7. The molecule has 2 N–H and O–H groups in total. The lowest BCUT2D eigenvalue weighted by Gasteiger charge is -2.34. The molecule has 1 fully saturated rings. The van der Waals surface area contributed by atoms with E-state index in [2.05, 4.69) is 19.9 Å². The number of sulfonamides is 1. The molecule has 5 rings (SSSR count). The Balaban J connectivity index is 1.13. The van der Waals surface area contributed by atoms with Gasteiger partial charge in [0, 0.05) is 43.6 Å². The molecule has 9 nitrogen and oxygen atoms in total. The summed E-state index contributed by atoms with van der Waals surface area (Å²) in [4.78, 5) is 21.5. The number of nitrogens with zero attached hydrogens (tertiary/aromatic N) is 3. The Hall–Kier alpha value is -4.55. The first-order chi connectivity index (χ1) is 20.6. The summed E-state index contributed by atoms with van der Waals surface area (Å²) in [6, 6.07) is 21.0. The van der Waals surface area contributed by atoms with Gasteiger partial charge in [-0.1, -0.05) is 6.07 Å². The van der Waals surface area contributed by atoms with Crippen LogP contribution in [0, 0.1) is 11.6 Å².